The lowest BCUT2D eigenvalue weighted by molar-refractivity contribution is 0.625. The first-order valence-corrected chi connectivity index (χ1v) is 7.52. The SMILES string of the molecule is CCCc1nc(NCC)cc(N2CC(C)CC2C)n1. The molecule has 2 heterocycles. The van der Waals surface area contributed by atoms with Crippen LogP contribution in [0.15, 0.2) is 6.07 Å². The lowest BCUT2D eigenvalue weighted by atomic mass is 10.1. The van der Waals surface area contributed by atoms with Gasteiger partial charge in [0, 0.05) is 31.6 Å². The van der Waals surface area contributed by atoms with Gasteiger partial charge in [-0.15, -0.1) is 0 Å². The van der Waals surface area contributed by atoms with E-state index in [0.717, 1.165) is 49.3 Å². The van der Waals surface area contributed by atoms with Crippen molar-refractivity contribution in [3.05, 3.63) is 11.9 Å². The second-order valence-electron chi connectivity index (χ2n) is 5.65. The Balaban J connectivity index is 2.27. The van der Waals surface area contributed by atoms with Gasteiger partial charge in [-0.3, -0.25) is 0 Å². The molecular weight excluding hydrogens is 236 g/mol. The molecule has 2 rings (SSSR count). The second-order valence-corrected chi connectivity index (χ2v) is 5.65. The van der Waals surface area contributed by atoms with Crippen LogP contribution in [-0.2, 0) is 6.42 Å². The van der Waals surface area contributed by atoms with Crippen LogP contribution >= 0.6 is 0 Å². The maximum absolute atomic E-state index is 4.75. The summed E-state index contributed by atoms with van der Waals surface area (Å²) < 4.78 is 0. The average molecular weight is 262 g/mol. The first-order valence-electron chi connectivity index (χ1n) is 7.52. The molecule has 1 aliphatic rings. The molecule has 0 aromatic carbocycles. The highest BCUT2D eigenvalue weighted by Crippen LogP contribution is 2.28. The van der Waals surface area contributed by atoms with Crippen LogP contribution in [0.1, 0.15) is 46.4 Å². The summed E-state index contributed by atoms with van der Waals surface area (Å²) in [6, 6.07) is 2.67. The van der Waals surface area contributed by atoms with E-state index in [1.807, 2.05) is 0 Å². The van der Waals surface area contributed by atoms with E-state index in [9.17, 15) is 0 Å². The van der Waals surface area contributed by atoms with Crippen molar-refractivity contribution in [1.29, 1.82) is 0 Å². The van der Waals surface area contributed by atoms with E-state index in [-0.39, 0.29) is 0 Å². The lowest BCUT2D eigenvalue weighted by Crippen LogP contribution is -2.28. The predicted molar refractivity (Wildman–Crippen MR) is 80.8 cm³/mol. The molecule has 0 radical (unpaired) electrons. The third-order valence-corrected chi connectivity index (χ3v) is 3.67. The molecule has 0 amide bonds. The Morgan fingerprint density at radius 1 is 1.32 bits per heavy atom. The van der Waals surface area contributed by atoms with Gasteiger partial charge >= 0.3 is 0 Å². The topological polar surface area (TPSA) is 41.1 Å². The Morgan fingerprint density at radius 2 is 2.11 bits per heavy atom. The molecule has 0 aliphatic carbocycles. The minimum Gasteiger partial charge on any atom is -0.370 e. The summed E-state index contributed by atoms with van der Waals surface area (Å²) in [6.07, 6.45) is 3.29. The van der Waals surface area contributed by atoms with Crippen LogP contribution in [0, 0.1) is 5.92 Å². The molecule has 19 heavy (non-hydrogen) atoms. The highest BCUT2D eigenvalue weighted by Gasteiger charge is 2.27. The molecule has 1 saturated heterocycles. The molecule has 1 fully saturated rings. The molecule has 0 bridgehead atoms. The summed E-state index contributed by atoms with van der Waals surface area (Å²) in [5, 5.41) is 3.32. The fourth-order valence-corrected chi connectivity index (χ4v) is 2.86. The van der Waals surface area contributed by atoms with Gasteiger partial charge < -0.3 is 10.2 Å². The van der Waals surface area contributed by atoms with E-state index in [0.29, 0.717) is 6.04 Å². The zero-order valence-corrected chi connectivity index (χ0v) is 12.6. The number of rotatable bonds is 5. The van der Waals surface area contributed by atoms with Crippen molar-refractivity contribution in [2.24, 2.45) is 5.92 Å². The zero-order valence-electron chi connectivity index (χ0n) is 12.6. The van der Waals surface area contributed by atoms with Gasteiger partial charge in [0.05, 0.1) is 0 Å². The molecule has 4 heteroatoms. The van der Waals surface area contributed by atoms with Gasteiger partial charge in [-0.05, 0) is 32.6 Å². The summed E-state index contributed by atoms with van der Waals surface area (Å²) in [5.41, 5.74) is 0. The second kappa shape index (κ2) is 6.22. The molecule has 0 saturated carbocycles. The van der Waals surface area contributed by atoms with Crippen LogP contribution in [0.25, 0.3) is 0 Å². The molecule has 4 nitrogen and oxygen atoms in total. The fraction of sp³-hybridized carbons (Fsp3) is 0.733. The van der Waals surface area contributed by atoms with E-state index >= 15 is 0 Å². The summed E-state index contributed by atoms with van der Waals surface area (Å²) in [4.78, 5) is 11.7. The minimum absolute atomic E-state index is 0.578. The highest BCUT2D eigenvalue weighted by molar-refractivity contribution is 5.50. The predicted octanol–water partition coefficient (Wildman–Crippen LogP) is 3.10. The van der Waals surface area contributed by atoms with Crippen LogP contribution in [0.2, 0.25) is 0 Å². The summed E-state index contributed by atoms with van der Waals surface area (Å²) >= 11 is 0. The molecule has 106 valence electrons. The standard InChI is InChI=1S/C15H26N4/c1-5-7-13-17-14(16-6-2)9-15(18-13)19-10-11(3)8-12(19)4/h9,11-12H,5-8,10H2,1-4H3,(H,16,17,18). The summed E-state index contributed by atoms with van der Waals surface area (Å²) in [6.45, 7) is 10.9. The van der Waals surface area contributed by atoms with E-state index in [4.69, 9.17) is 4.98 Å². The lowest BCUT2D eigenvalue weighted by Gasteiger charge is -2.23. The van der Waals surface area contributed by atoms with E-state index in [1.165, 1.54) is 6.42 Å². The van der Waals surface area contributed by atoms with Crippen LogP contribution in [0.3, 0.4) is 0 Å². The third kappa shape index (κ3) is 3.37. The fourth-order valence-electron chi connectivity index (χ4n) is 2.86. The Bertz CT molecular complexity index is 394. The van der Waals surface area contributed by atoms with Gasteiger partial charge in [-0.1, -0.05) is 13.8 Å². The van der Waals surface area contributed by atoms with Crippen LogP contribution in [-0.4, -0.2) is 29.1 Å². The van der Waals surface area contributed by atoms with Crippen LogP contribution in [0.4, 0.5) is 11.6 Å². The van der Waals surface area contributed by atoms with Crippen molar-refractivity contribution in [1.82, 2.24) is 9.97 Å². The number of nitrogens with one attached hydrogen (secondary N) is 1. The third-order valence-electron chi connectivity index (χ3n) is 3.67. The molecule has 1 N–H and O–H groups in total. The van der Waals surface area contributed by atoms with Gasteiger partial charge in [-0.25, -0.2) is 9.97 Å². The van der Waals surface area contributed by atoms with Crippen molar-refractivity contribution in [2.45, 2.75) is 53.0 Å². The van der Waals surface area contributed by atoms with Crippen molar-refractivity contribution >= 4 is 11.6 Å². The van der Waals surface area contributed by atoms with Gasteiger partial charge in [0.1, 0.15) is 17.5 Å². The Hall–Kier alpha value is -1.32. The quantitative estimate of drug-likeness (QED) is 0.885. The maximum atomic E-state index is 4.75. The van der Waals surface area contributed by atoms with Crippen LogP contribution in [0.5, 0.6) is 0 Å². The summed E-state index contributed by atoms with van der Waals surface area (Å²) in [5.74, 6) is 3.76. The van der Waals surface area contributed by atoms with Gasteiger partial charge in [0.15, 0.2) is 0 Å². The number of aryl methyl sites for hydroxylation is 1. The number of nitrogens with zero attached hydrogens (tertiary/aromatic N) is 3. The van der Waals surface area contributed by atoms with Crippen molar-refractivity contribution in [2.75, 3.05) is 23.3 Å². The number of aromatic nitrogens is 2. The molecule has 0 spiro atoms. The van der Waals surface area contributed by atoms with Crippen molar-refractivity contribution in [3.8, 4) is 0 Å². The molecule has 2 atom stereocenters. The Morgan fingerprint density at radius 3 is 2.68 bits per heavy atom. The first kappa shape index (κ1) is 14.1. The Kier molecular flexibility index (Phi) is 4.61. The maximum Gasteiger partial charge on any atom is 0.134 e. The number of hydrogen-bond acceptors (Lipinski definition) is 4. The molecule has 2 unspecified atom stereocenters. The molecule has 1 aromatic rings. The molecular formula is C15H26N4. The minimum atomic E-state index is 0.578. The normalized spacial score (nSPS) is 22.8. The van der Waals surface area contributed by atoms with Gasteiger partial charge in [0.25, 0.3) is 0 Å². The van der Waals surface area contributed by atoms with Gasteiger partial charge in [0.2, 0.25) is 0 Å². The zero-order chi connectivity index (χ0) is 13.8. The van der Waals surface area contributed by atoms with E-state index in [1.54, 1.807) is 0 Å². The van der Waals surface area contributed by atoms with Gasteiger partial charge in [-0.2, -0.15) is 0 Å². The molecule has 1 aromatic heterocycles. The average Bonchev–Trinajstić information content (AvgIpc) is 2.69. The van der Waals surface area contributed by atoms with Crippen molar-refractivity contribution in [3.63, 3.8) is 0 Å². The highest BCUT2D eigenvalue weighted by atomic mass is 15.2. The van der Waals surface area contributed by atoms with E-state index in [2.05, 4.69) is 49.0 Å². The molecule has 1 aliphatic heterocycles. The Labute approximate surface area is 116 Å². The van der Waals surface area contributed by atoms with Crippen molar-refractivity contribution < 1.29 is 0 Å². The smallest absolute Gasteiger partial charge is 0.134 e. The van der Waals surface area contributed by atoms with Crippen LogP contribution < -0.4 is 10.2 Å². The largest absolute Gasteiger partial charge is 0.370 e. The first-order chi connectivity index (χ1) is 9.13. The number of anilines is 2. The summed E-state index contributed by atoms with van der Waals surface area (Å²) in [7, 11) is 0. The number of hydrogen-bond donors (Lipinski definition) is 1. The van der Waals surface area contributed by atoms with E-state index < -0.39 is 0 Å². The monoisotopic (exact) mass is 262 g/mol.